The highest BCUT2D eigenvalue weighted by atomic mass is 32.1. The normalized spacial score (nSPS) is 22.2. The lowest BCUT2D eigenvalue weighted by Gasteiger charge is -2.46. The van der Waals surface area contributed by atoms with E-state index in [1.54, 1.807) is 11.3 Å². The number of rotatable bonds is 4. The van der Waals surface area contributed by atoms with Gasteiger partial charge in [0.2, 0.25) is 5.91 Å². The average molecular weight is 294 g/mol. The second-order valence-electron chi connectivity index (χ2n) is 6.78. The third kappa shape index (κ3) is 3.83. The van der Waals surface area contributed by atoms with Crippen molar-refractivity contribution in [1.29, 1.82) is 0 Å². The van der Waals surface area contributed by atoms with E-state index in [0.717, 1.165) is 24.4 Å². The summed E-state index contributed by atoms with van der Waals surface area (Å²) in [6.07, 6.45) is 1.66. The molecule has 112 valence electrons. The quantitative estimate of drug-likeness (QED) is 0.926. The summed E-state index contributed by atoms with van der Waals surface area (Å²) in [4.78, 5) is 15.9. The molecule has 1 saturated heterocycles. The molecule has 4 heteroatoms. The smallest absolute Gasteiger partial charge is 0.228 e. The standard InChI is InChI=1S/C16H26N2OS/c1-12(2)8-13-10-18(16(3,4)11-17-13)15(19)9-14-6-5-7-20-14/h5-7,12-13,17H,8-11H2,1-4H3. The molecule has 1 aliphatic heterocycles. The minimum absolute atomic E-state index is 0.0954. The van der Waals surface area contributed by atoms with Gasteiger partial charge in [0.1, 0.15) is 0 Å². The summed E-state index contributed by atoms with van der Waals surface area (Å²) < 4.78 is 0. The third-order valence-corrected chi connectivity index (χ3v) is 4.80. The number of nitrogens with one attached hydrogen (secondary N) is 1. The van der Waals surface area contributed by atoms with Crippen LogP contribution in [0.15, 0.2) is 17.5 Å². The highest BCUT2D eigenvalue weighted by Crippen LogP contribution is 2.23. The molecule has 0 aliphatic carbocycles. The highest BCUT2D eigenvalue weighted by Gasteiger charge is 2.36. The summed E-state index contributed by atoms with van der Waals surface area (Å²) in [6.45, 7) is 10.5. The Labute approximate surface area is 126 Å². The molecule has 2 heterocycles. The van der Waals surface area contributed by atoms with Gasteiger partial charge in [-0.05, 0) is 37.6 Å². The largest absolute Gasteiger partial charge is 0.334 e. The maximum Gasteiger partial charge on any atom is 0.228 e. The van der Waals surface area contributed by atoms with Crippen LogP contribution in [0.3, 0.4) is 0 Å². The molecule has 0 saturated carbocycles. The molecule has 1 atom stereocenters. The van der Waals surface area contributed by atoms with Gasteiger partial charge in [0.15, 0.2) is 0 Å². The first kappa shape index (κ1) is 15.5. The van der Waals surface area contributed by atoms with E-state index in [0.29, 0.717) is 18.4 Å². The van der Waals surface area contributed by atoms with E-state index in [1.165, 1.54) is 0 Å². The first-order chi connectivity index (χ1) is 9.38. The molecular formula is C16H26N2OS. The average Bonchev–Trinajstić information content (AvgIpc) is 2.83. The number of amides is 1. The lowest BCUT2D eigenvalue weighted by molar-refractivity contribution is -0.138. The number of carbonyl (C=O) groups excluding carboxylic acids is 1. The topological polar surface area (TPSA) is 32.3 Å². The van der Waals surface area contributed by atoms with Crippen LogP contribution < -0.4 is 5.32 Å². The Morgan fingerprint density at radius 1 is 1.55 bits per heavy atom. The van der Waals surface area contributed by atoms with Gasteiger partial charge in [0.05, 0.1) is 6.42 Å². The van der Waals surface area contributed by atoms with Crippen molar-refractivity contribution in [3.05, 3.63) is 22.4 Å². The molecular weight excluding hydrogens is 268 g/mol. The summed E-state index contributed by atoms with van der Waals surface area (Å²) in [7, 11) is 0. The molecule has 2 rings (SSSR count). The molecule has 0 aromatic carbocycles. The first-order valence-electron chi connectivity index (χ1n) is 7.45. The minimum atomic E-state index is -0.0954. The number of hydrogen-bond donors (Lipinski definition) is 1. The third-order valence-electron chi connectivity index (χ3n) is 3.92. The molecule has 1 N–H and O–H groups in total. The van der Waals surface area contributed by atoms with Crippen molar-refractivity contribution in [1.82, 2.24) is 10.2 Å². The Kier molecular flexibility index (Phi) is 4.86. The Hall–Kier alpha value is -0.870. The number of thiophene rings is 1. The van der Waals surface area contributed by atoms with Crippen LogP contribution in [-0.2, 0) is 11.2 Å². The molecule has 1 unspecified atom stereocenters. The van der Waals surface area contributed by atoms with Crippen molar-refractivity contribution in [2.24, 2.45) is 5.92 Å². The fraction of sp³-hybridized carbons (Fsp3) is 0.688. The van der Waals surface area contributed by atoms with Crippen LogP contribution in [0.25, 0.3) is 0 Å². The molecule has 0 radical (unpaired) electrons. The van der Waals surface area contributed by atoms with Crippen molar-refractivity contribution in [3.8, 4) is 0 Å². The highest BCUT2D eigenvalue weighted by molar-refractivity contribution is 7.10. The van der Waals surface area contributed by atoms with Crippen LogP contribution in [-0.4, -0.2) is 35.5 Å². The second-order valence-corrected chi connectivity index (χ2v) is 7.81. The van der Waals surface area contributed by atoms with Crippen molar-refractivity contribution in [2.75, 3.05) is 13.1 Å². The maximum atomic E-state index is 12.6. The molecule has 0 bridgehead atoms. The monoisotopic (exact) mass is 294 g/mol. The number of carbonyl (C=O) groups is 1. The molecule has 3 nitrogen and oxygen atoms in total. The summed E-state index contributed by atoms with van der Waals surface area (Å²) in [5.74, 6) is 0.913. The lowest BCUT2D eigenvalue weighted by Crippen LogP contribution is -2.64. The van der Waals surface area contributed by atoms with Gasteiger partial charge in [-0.1, -0.05) is 19.9 Å². The van der Waals surface area contributed by atoms with Gasteiger partial charge in [-0.2, -0.15) is 0 Å². The van der Waals surface area contributed by atoms with E-state index in [2.05, 4.69) is 37.9 Å². The van der Waals surface area contributed by atoms with E-state index in [9.17, 15) is 4.79 Å². The van der Waals surface area contributed by atoms with Crippen LogP contribution in [0.5, 0.6) is 0 Å². The fourth-order valence-electron chi connectivity index (χ4n) is 2.85. The van der Waals surface area contributed by atoms with Crippen molar-refractivity contribution in [2.45, 2.75) is 52.1 Å². The molecule has 1 fully saturated rings. The minimum Gasteiger partial charge on any atom is -0.334 e. The second kappa shape index (κ2) is 6.27. The Bertz CT molecular complexity index is 439. The lowest BCUT2D eigenvalue weighted by atomic mass is 9.93. The SMILES string of the molecule is CC(C)CC1CN(C(=O)Cc2cccs2)C(C)(C)CN1. The van der Waals surface area contributed by atoms with Gasteiger partial charge in [-0.15, -0.1) is 11.3 Å². The summed E-state index contributed by atoms with van der Waals surface area (Å²) in [6, 6.07) is 4.48. The molecule has 1 aliphatic rings. The van der Waals surface area contributed by atoms with Gasteiger partial charge in [-0.3, -0.25) is 4.79 Å². The zero-order chi connectivity index (χ0) is 14.8. The van der Waals surface area contributed by atoms with Gasteiger partial charge < -0.3 is 10.2 Å². The molecule has 20 heavy (non-hydrogen) atoms. The number of hydrogen-bond acceptors (Lipinski definition) is 3. The van der Waals surface area contributed by atoms with E-state index in [4.69, 9.17) is 0 Å². The van der Waals surface area contributed by atoms with E-state index >= 15 is 0 Å². The zero-order valence-corrected chi connectivity index (χ0v) is 13.8. The predicted molar refractivity (Wildman–Crippen MR) is 85.1 cm³/mol. The van der Waals surface area contributed by atoms with E-state index < -0.39 is 0 Å². The van der Waals surface area contributed by atoms with Gasteiger partial charge >= 0.3 is 0 Å². The van der Waals surface area contributed by atoms with Crippen LogP contribution in [0.4, 0.5) is 0 Å². The number of piperazine rings is 1. The molecule has 1 aromatic heterocycles. The molecule has 0 spiro atoms. The van der Waals surface area contributed by atoms with Crippen LogP contribution >= 0.6 is 11.3 Å². The van der Waals surface area contributed by atoms with Gasteiger partial charge in [0.25, 0.3) is 0 Å². The van der Waals surface area contributed by atoms with Crippen LogP contribution in [0, 0.1) is 5.92 Å². The Morgan fingerprint density at radius 3 is 2.90 bits per heavy atom. The number of nitrogens with zero attached hydrogens (tertiary/aromatic N) is 1. The van der Waals surface area contributed by atoms with Crippen LogP contribution in [0.1, 0.15) is 39.0 Å². The summed E-state index contributed by atoms with van der Waals surface area (Å²) in [5, 5.41) is 5.63. The fourth-order valence-corrected chi connectivity index (χ4v) is 3.54. The Balaban J connectivity index is 2.03. The van der Waals surface area contributed by atoms with Gasteiger partial charge in [0, 0.05) is 29.5 Å². The van der Waals surface area contributed by atoms with E-state index in [-0.39, 0.29) is 11.4 Å². The van der Waals surface area contributed by atoms with Gasteiger partial charge in [-0.25, -0.2) is 0 Å². The van der Waals surface area contributed by atoms with E-state index in [1.807, 2.05) is 17.5 Å². The summed E-state index contributed by atoms with van der Waals surface area (Å²) in [5.41, 5.74) is -0.0954. The zero-order valence-electron chi connectivity index (χ0n) is 13.0. The first-order valence-corrected chi connectivity index (χ1v) is 8.32. The van der Waals surface area contributed by atoms with Crippen molar-refractivity contribution in [3.63, 3.8) is 0 Å². The van der Waals surface area contributed by atoms with Crippen molar-refractivity contribution >= 4 is 17.2 Å². The Morgan fingerprint density at radius 2 is 2.30 bits per heavy atom. The maximum absolute atomic E-state index is 12.6. The summed E-state index contributed by atoms with van der Waals surface area (Å²) >= 11 is 1.66. The van der Waals surface area contributed by atoms with Crippen LogP contribution in [0.2, 0.25) is 0 Å². The molecule has 1 amide bonds. The predicted octanol–water partition coefficient (Wildman–Crippen LogP) is 2.92. The van der Waals surface area contributed by atoms with Crippen molar-refractivity contribution < 1.29 is 4.79 Å². The molecule has 1 aromatic rings.